The SMILES string of the molecule is C[C@@H]1CC(=O)C[C@@H](C2CC2)N1. The van der Waals surface area contributed by atoms with E-state index >= 15 is 0 Å². The van der Waals surface area contributed by atoms with E-state index in [4.69, 9.17) is 0 Å². The Morgan fingerprint density at radius 3 is 2.64 bits per heavy atom. The minimum absolute atomic E-state index is 0.418. The highest BCUT2D eigenvalue weighted by Gasteiger charge is 2.35. The van der Waals surface area contributed by atoms with Crippen LogP contribution < -0.4 is 5.32 Å². The van der Waals surface area contributed by atoms with Gasteiger partial charge in [-0.15, -0.1) is 0 Å². The van der Waals surface area contributed by atoms with Crippen molar-refractivity contribution in [2.75, 3.05) is 0 Å². The van der Waals surface area contributed by atoms with Crippen molar-refractivity contribution in [3.8, 4) is 0 Å². The molecule has 2 heteroatoms. The smallest absolute Gasteiger partial charge is 0.136 e. The first-order valence-corrected chi connectivity index (χ1v) is 4.53. The second-order valence-electron chi connectivity index (χ2n) is 3.96. The van der Waals surface area contributed by atoms with E-state index in [1.807, 2.05) is 0 Å². The molecule has 2 fully saturated rings. The zero-order chi connectivity index (χ0) is 7.84. The zero-order valence-electron chi connectivity index (χ0n) is 6.97. The highest BCUT2D eigenvalue weighted by Crippen LogP contribution is 2.35. The zero-order valence-corrected chi connectivity index (χ0v) is 6.97. The first-order valence-electron chi connectivity index (χ1n) is 4.53. The fourth-order valence-electron chi connectivity index (χ4n) is 1.95. The molecule has 2 atom stereocenters. The van der Waals surface area contributed by atoms with E-state index in [9.17, 15) is 4.79 Å². The summed E-state index contributed by atoms with van der Waals surface area (Å²) in [5, 5.41) is 3.49. The Labute approximate surface area is 67.4 Å². The summed E-state index contributed by atoms with van der Waals surface area (Å²) in [5.41, 5.74) is 0. The molecule has 0 bridgehead atoms. The maximum absolute atomic E-state index is 11.2. The lowest BCUT2D eigenvalue weighted by atomic mass is 9.95. The Bertz CT molecular complexity index is 174. The Hall–Kier alpha value is -0.370. The number of carbonyl (C=O) groups excluding carboxylic acids is 1. The molecule has 0 aromatic carbocycles. The summed E-state index contributed by atoms with van der Waals surface area (Å²) in [5.74, 6) is 1.27. The van der Waals surface area contributed by atoms with E-state index in [1.165, 1.54) is 12.8 Å². The second-order valence-corrected chi connectivity index (χ2v) is 3.96. The summed E-state index contributed by atoms with van der Waals surface area (Å²) < 4.78 is 0. The highest BCUT2D eigenvalue weighted by atomic mass is 16.1. The van der Waals surface area contributed by atoms with Gasteiger partial charge in [0.25, 0.3) is 0 Å². The number of hydrogen-bond donors (Lipinski definition) is 1. The maximum atomic E-state index is 11.2. The van der Waals surface area contributed by atoms with Crippen LogP contribution in [-0.2, 0) is 4.79 Å². The van der Waals surface area contributed by atoms with Gasteiger partial charge in [-0.05, 0) is 25.7 Å². The van der Waals surface area contributed by atoms with Gasteiger partial charge in [0.2, 0.25) is 0 Å². The summed E-state index contributed by atoms with van der Waals surface area (Å²) in [6.07, 6.45) is 4.19. The van der Waals surface area contributed by atoms with Crippen LogP contribution in [0.3, 0.4) is 0 Å². The van der Waals surface area contributed by atoms with E-state index in [1.54, 1.807) is 0 Å². The fraction of sp³-hybridized carbons (Fsp3) is 0.889. The third-order valence-electron chi connectivity index (χ3n) is 2.67. The molecule has 0 unspecified atom stereocenters. The molecule has 0 aromatic heterocycles. The van der Waals surface area contributed by atoms with Crippen LogP contribution in [0.5, 0.6) is 0 Å². The molecule has 1 aliphatic heterocycles. The van der Waals surface area contributed by atoms with Crippen LogP contribution in [0.25, 0.3) is 0 Å². The van der Waals surface area contributed by atoms with Crippen LogP contribution in [0.15, 0.2) is 0 Å². The van der Waals surface area contributed by atoms with Gasteiger partial charge in [-0.25, -0.2) is 0 Å². The predicted octanol–water partition coefficient (Wildman–Crippen LogP) is 1.11. The Kier molecular flexibility index (Phi) is 1.72. The number of carbonyl (C=O) groups is 1. The number of Topliss-reactive ketones (excluding diaryl/α,β-unsaturated/α-hetero) is 1. The van der Waals surface area contributed by atoms with Crippen LogP contribution in [0.2, 0.25) is 0 Å². The van der Waals surface area contributed by atoms with E-state index in [0.29, 0.717) is 17.9 Å². The first kappa shape index (κ1) is 7.29. The third-order valence-corrected chi connectivity index (χ3v) is 2.67. The predicted molar refractivity (Wildman–Crippen MR) is 43.4 cm³/mol. The van der Waals surface area contributed by atoms with Crippen molar-refractivity contribution in [3.63, 3.8) is 0 Å². The molecule has 2 aliphatic rings. The normalized spacial score (nSPS) is 39.2. The van der Waals surface area contributed by atoms with Gasteiger partial charge in [0.15, 0.2) is 0 Å². The minimum atomic E-state index is 0.418. The van der Waals surface area contributed by atoms with Crippen LogP contribution in [0.1, 0.15) is 32.6 Å². The van der Waals surface area contributed by atoms with Gasteiger partial charge >= 0.3 is 0 Å². The molecule has 0 aromatic rings. The van der Waals surface area contributed by atoms with E-state index in [0.717, 1.165) is 18.8 Å². The van der Waals surface area contributed by atoms with Gasteiger partial charge in [-0.1, -0.05) is 0 Å². The molecule has 62 valence electrons. The molecular formula is C9H15NO. The standard InChI is InChI=1S/C9H15NO/c1-6-4-8(11)5-9(10-6)7-2-3-7/h6-7,9-10H,2-5H2,1H3/t6-,9+/m1/s1. The lowest BCUT2D eigenvalue weighted by Gasteiger charge is -2.27. The summed E-state index contributed by atoms with van der Waals surface area (Å²) in [7, 11) is 0. The number of hydrogen-bond acceptors (Lipinski definition) is 2. The number of ketones is 1. The number of piperidine rings is 1. The van der Waals surface area contributed by atoms with Crippen molar-refractivity contribution >= 4 is 5.78 Å². The third kappa shape index (κ3) is 1.62. The lowest BCUT2D eigenvalue weighted by molar-refractivity contribution is -0.121. The molecule has 1 heterocycles. The van der Waals surface area contributed by atoms with Crippen molar-refractivity contribution in [1.29, 1.82) is 0 Å². The van der Waals surface area contributed by atoms with Crippen LogP contribution in [0.4, 0.5) is 0 Å². The molecule has 0 amide bonds. The number of rotatable bonds is 1. The Balaban J connectivity index is 1.94. The summed E-state index contributed by atoms with van der Waals surface area (Å²) in [6.45, 7) is 2.10. The monoisotopic (exact) mass is 153 g/mol. The first-order chi connectivity index (χ1) is 5.25. The van der Waals surface area contributed by atoms with Crippen molar-refractivity contribution in [3.05, 3.63) is 0 Å². The van der Waals surface area contributed by atoms with E-state index < -0.39 is 0 Å². The molecule has 2 nitrogen and oxygen atoms in total. The van der Waals surface area contributed by atoms with Crippen LogP contribution in [0, 0.1) is 5.92 Å². The molecule has 1 saturated carbocycles. The van der Waals surface area contributed by atoms with Gasteiger partial charge in [-0.3, -0.25) is 4.79 Å². The summed E-state index contributed by atoms with van der Waals surface area (Å²) in [4.78, 5) is 11.2. The molecular weight excluding hydrogens is 138 g/mol. The lowest BCUT2D eigenvalue weighted by Crippen LogP contribution is -2.45. The minimum Gasteiger partial charge on any atom is -0.310 e. The van der Waals surface area contributed by atoms with E-state index in [2.05, 4.69) is 12.2 Å². The van der Waals surface area contributed by atoms with Gasteiger partial charge in [0.05, 0.1) is 0 Å². The second kappa shape index (κ2) is 2.59. The van der Waals surface area contributed by atoms with Crippen LogP contribution in [-0.4, -0.2) is 17.9 Å². The molecule has 0 spiro atoms. The fourth-order valence-corrected chi connectivity index (χ4v) is 1.95. The van der Waals surface area contributed by atoms with Gasteiger partial charge < -0.3 is 5.32 Å². The van der Waals surface area contributed by atoms with Crippen molar-refractivity contribution in [2.45, 2.75) is 44.7 Å². The van der Waals surface area contributed by atoms with Crippen molar-refractivity contribution < 1.29 is 4.79 Å². The molecule has 0 radical (unpaired) electrons. The summed E-state index contributed by atoms with van der Waals surface area (Å²) in [6, 6.07) is 0.938. The van der Waals surface area contributed by atoms with Crippen molar-refractivity contribution in [2.24, 2.45) is 5.92 Å². The van der Waals surface area contributed by atoms with Crippen molar-refractivity contribution in [1.82, 2.24) is 5.32 Å². The average Bonchev–Trinajstić information content (AvgIpc) is 2.64. The molecule has 11 heavy (non-hydrogen) atoms. The molecule has 2 rings (SSSR count). The molecule has 1 N–H and O–H groups in total. The topological polar surface area (TPSA) is 29.1 Å². The largest absolute Gasteiger partial charge is 0.310 e. The van der Waals surface area contributed by atoms with Gasteiger partial charge in [-0.2, -0.15) is 0 Å². The Morgan fingerprint density at radius 2 is 2.09 bits per heavy atom. The quantitative estimate of drug-likeness (QED) is 0.611. The van der Waals surface area contributed by atoms with Gasteiger partial charge in [0.1, 0.15) is 5.78 Å². The highest BCUT2D eigenvalue weighted by molar-refractivity contribution is 5.80. The van der Waals surface area contributed by atoms with Gasteiger partial charge in [0, 0.05) is 24.9 Å². The number of nitrogens with one attached hydrogen (secondary N) is 1. The Morgan fingerprint density at radius 1 is 1.36 bits per heavy atom. The summed E-state index contributed by atoms with van der Waals surface area (Å²) >= 11 is 0. The van der Waals surface area contributed by atoms with E-state index in [-0.39, 0.29) is 0 Å². The average molecular weight is 153 g/mol. The van der Waals surface area contributed by atoms with Crippen LogP contribution >= 0.6 is 0 Å². The molecule has 1 saturated heterocycles. The molecule has 1 aliphatic carbocycles. The maximum Gasteiger partial charge on any atom is 0.136 e.